The lowest BCUT2D eigenvalue weighted by atomic mass is 10.0. The van der Waals surface area contributed by atoms with Gasteiger partial charge in [-0.25, -0.2) is 14.3 Å². The molecule has 6 heterocycles. The van der Waals surface area contributed by atoms with Crippen molar-refractivity contribution >= 4 is 17.4 Å². The zero-order valence-corrected chi connectivity index (χ0v) is 22.1. The van der Waals surface area contributed by atoms with Gasteiger partial charge in [-0.2, -0.15) is 15.5 Å². The molecule has 2 amide bonds. The van der Waals surface area contributed by atoms with Crippen LogP contribution in [0.4, 0.5) is 10.6 Å². The van der Waals surface area contributed by atoms with Gasteiger partial charge < -0.3 is 14.7 Å². The zero-order valence-electron chi connectivity index (χ0n) is 22.1. The molecule has 1 aliphatic carbocycles. The number of nitriles is 1. The number of nitrogens with zero attached hydrogens (tertiary/aromatic N) is 9. The van der Waals surface area contributed by atoms with Gasteiger partial charge in [0.15, 0.2) is 0 Å². The van der Waals surface area contributed by atoms with Crippen LogP contribution in [0.15, 0.2) is 49.2 Å². The largest absolute Gasteiger partial charge is 0.353 e. The summed E-state index contributed by atoms with van der Waals surface area (Å²) < 4.78 is 3.52. The molecule has 0 spiro atoms. The summed E-state index contributed by atoms with van der Waals surface area (Å²) >= 11 is 0. The summed E-state index contributed by atoms with van der Waals surface area (Å²) in [6.45, 7) is 4.79. The molecule has 1 atom stereocenters. The minimum Gasteiger partial charge on any atom is -0.353 e. The maximum Gasteiger partial charge on any atom is 0.320 e. The third kappa shape index (κ3) is 4.38. The van der Waals surface area contributed by atoms with Gasteiger partial charge in [0.05, 0.1) is 23.5 Å². The molecule has 0 radical (unpaired) electrons. The van der Waals surface area contributed by atoms with Gasteiger partial charge in [0, 0.05) is 87.2 Å². The average molecular weight is 522 g/mol. The van der Waals surface area contributed by atoms with E-state index in [1.54, 1.807) is 15.4 Å². The second-order valence-electron chi connectivity index (χ2n) is 11.0. The van der Waals surface area contributed by atoms with E-state index in [-0.39, 0.29) is 6.03 Å². The van der Waals surface area contributed by atoms with E-state index in [4.69, 9.17) is 4.98 Å². The predicted octanol–water partition coefficient (Wildman–Crippen LogP) is 3.64. The second kappa shape index (κ2) is 9.42. The standard InChI is InChI=1S/C29H31N9O/c1-34-17-25(16-32-34)23-12-26(28-24(13-30)15-33-38(28)19-23)21-4-5-27(31-14-21)35-8-10-36(11-9-35)29(39)37-7-6-22(18-37)20-2-3-20/h4-5,12,14-17,19-20,22H,2-3,6-11,18H2,1H3. The molecule has 10 heteroatoms. The van der Waals surface area contributed by atoms with E-state index < -0.39 is 0 Å². The molecule has 3 fully saturated rings. The molecule has 1 saturated carbocycles. The van der Waals surface area contributed by atoms with Crippen LogP contribution in [0.2, 0.25) is 0 Å². The third-order valence-corrected chi connectivity index (χ3v) is 8.49. The molecule has 2 aliphatic heterocycles. The predicted molar refractivity (Wildman–Crippen MR) is 147 cm³/mol. The maximum absolute atomic E-state index is 13.1. The fourth-order valence-corrected chi connectivity index (χ4v) is 6.12. The topological polar surface area (TPSA) is 98.6 Å². The van der Waals surface area contributed by atoms with Gasteiger partial charge in [0.1, 0.15) is 11.9 Å². The van der Waals surface area contributed by atoms with Gasteiger partial charge >= 0.3 is 6.03 Å². The molecule has 2 saturated heterocycles. The summed E-state index contributed by atoms with van der Waals surface area (Å²) in [4.78, 5) is 24.2. The zero-order chi connectivity index (χ0) is 26.5. The van der Waals surface area contributed by atoms with Crippen molar-refractivity contribution in [3.05, 3.63) is 54.7 Å². The molecule has 0 bridgehead atoms. The van der Waals surface area contributed by atoms with Gasteiger partial charge in [0.2, 0.25) is 0 Å². The summed E-state index contributed by atoms with van der Waals surface area (Å²) in [5.74, 6) is 2.48. The molecule has 39 heavy (non-hydrogen) atoms. The number of hydrogen-bond donors (Lipinski definition) is 0. The minimum absolute atomic E-state index is 0.202. The first-order valence-electron chi connectivity index (χ1n) is 13.7. The Balaban J connectivity index is 1.08. The quantitative estimate of drug-likeness (QED) is 0.407. The molecule has 198 valence electrons. The summed E-state index contributed by atoms with van der Waals surface area (Å²) in [5.41, 5.74) is 5.04. The highest BCUT2D eigenvalue weighted by molar-refractivity contribution is 5.87. The van der Waals surface area contributed by atoms with Gasteiger partial charge in [-0.15, -0.1) is 0 Å². The smallest absolute Gasteiger partial charge is 0.320 e. The average Bonchev–Trinajstić information content (AvgIpc) is 3.34. The Morgan fingerprint density at radius 3 is 2.44 bits per heavy atom. The molecule has 0 aromatic carbocycles. The summed E-state index contributed by atoms with van der Waals surface area (Å²) in [7, 11) is 1.89. The summed E-state index contributed by atoms with van der Waals surface area (Å²) in [5, 5.41) is 18.4. The van der Waals surface area contributed by atoms with Crippen molar-refractivity contribution in [2.24, 2.45) is 18.9 Å². The van der Waals surface area contributed by atoms with Gasteiger partial charge in [-0.1, -0.05) is 0 Å². The van der Waals surface area contributed by atoms with Crippen molar-refractivity contribution < 1.29 is 4.79 Å². The Morgan fingerprint density at radius 1 is 0.897 bits per heavy atom. The molecule has 4 aromatic rings. The van der Waals surface area contributed by atoms with E-state index in [9.17, 15) is 10.1 Å². The molecule has 7 rings (SSSR count). The van der Waals surface area contributed by atoms with Crippen LogP contribution in [0.25, 0.3) is 27.8 Å². The van der Waals surface area contributed by atoms with Crippen molar-refractivity contribution in [3.63, 3.8) is 0 Å². The number of aromatic nitrogens is 5. The second-order valence-corrected chi connectivity index (χ2v) is 11.0. The Bertz CT molecular complexity index is 1570. The van der Waals surface area contributed by atoms with Gasteiger partial charge in [-0.05, 0) is 49.3 Å². The molecule has 1 unspecified atom stereocenters. The van der Waals surface area contributed by atoms with Crippen LogP contribution >= 0.6 is 0 Å². The van der Waals surface area contributed by atoms with Crippen LogP contribution < -0.4 is 4.90 Å². The van der Waals surface area contributed by atoms with Crippen LogP contribution in [0, 0.1) is 23.2 Å². The molecule has 10 nitrogen and oxygen atoms in total. The monoisotopic (exact) mass is 521 g/mol. The number of urea groups is 1. The van der Waals surface area contributed by atoms with Crippen molar-refractivity contribution in [3.8, 4) is 28.3 Å². The molecular formula is C29H31N9O. The first kappa shape index (κ1) is 23.7. The number of aryl methyl sites for hydroxylation is 1. The first-order valence-corrected chi connectivity index (χ1v) is 13.7. The van der Waals surface area contributed by atoms with Crippen LogP contribution in [0.5, 0.6) is 0 Å². The molecule has 3 aliphatic rings. The normalized spacial score (nSPS) is 19.6. The van der Waals surface area contributed by atoms with E-state index in [1.807, 2.05) is 42.8 Å². The number of piperazine rings is 1. The third-order valence-electron chi connectivity index (χ3n) is 8.49. The van der Waals surface area contributed by atoms with Crippen molar-refractivity contribution in [2.75, 3.05) is 44.2 Å². The fourth-order valence-electron chi connectivity index (χ4n) is 6.12. The number of anilines is 1. The van der Waals surface area contributed by atoms with E-state index in [1.165, 1.54) is 19.3 Å². The number of amides is 2. The number of carbonyl (C=O) groups excluding carboxylic acids is 1. The van der Waals surface area contributed by atoms with Crippen LogP contribution in [-0.2, 0) is 7.05 Å². The van der Waals surface area contributed by atoms with Gasteiger partial charge in [-0.3, -0.25) is 4.68 Å². The van der Waals surface area contributed by atoms with E-state index in [0.29, 0.717) is 18.7 Å². The van der Waals surface area contributed by atoms with E-state index in [2.05, 4.69) is 38.2 Å². The molecule has 4 aromatic heterocycles. The molecule has 0 N–H and O–H groups in total. The van der Waals surface area contributed by atoms with E-state index in [0.717, 1.165) is 71.6 Å². The highest BCUT2D eigenvalue weighted by Gasteiger charge is 2.38. The number of pyridine rings is 2. The van der Waals surface area contributed by atoms with E-state index >= 15 is 0 Å². The number of likely N-dealkylation sites (tertiary alicyclic amines) is 1. The number of fused-ring (bicyclic) bond motifs is 1. The molecular weight excluding hydrogens is 490 g/mol. The number of carbonyl (C=O) groups is 1. The first-order chi connectivity index (χ1) is 19.1. The Labute approximate surface area is 227 Å². The Morgan fingerprint density at radius 2 is 1.74 bits per heavy atom. The number of rotatable bonds is 4. The Kier molecular flexibility index (Phi) is 5.72. The van der Waals surface area contributed by atoms with Crippen molar-refractivity contribution in [1.82, 2.24) is 34.2 Å². The summed E-state index contributed by atoms with van der Waals surface area (Å²) in [6, 6.07) is 8.62. The highest BCUT2D eigenvalue weighted by Crippen LogP contribution is 2.41. The van der Waals surface area contributed by atoms with Crippen LogP contribution in [-0.4, -0.2) is 79.5 Å². The Hall–Kier alpha value is -4.39. The highest BCUT2D eigenvalue weighted by atomic mass is 16.2. The van der Waals surface area contributed by atoms with Gasteiger partial charge in [0.25, 0.3) is 0 Å². The van der Waals surface area contributed by atoms with Crippen LogP contribution in [0.1, 0.15) is 24.8 Å². The SMILES string of the molecule is Cn1cc(-c2cc(-c3ccc(N4CCN(C(=O)N5CCC(C6CC6)C5)CC4)nc3)c3c(C#N)cnn3c2)cn1. The maximum atomic E-state index is 13.1. The lowest BCUT2D eigenvalue weighted by Crippen LogP contribution is -2.52. The lowest BCUT2D eigenvalue weighted by molar-refractivity contribution is 0.157. The fraction of sp³-hybridized carbons (Fsp3) is 0.414. The summed E-state index contributed by atoms with van der Waals surface area (Å²) in [6.07, 6.45) is 13.0. The van der Waals surface area contributed by atoms with Crippen LogP contribution in [0.3, 0.4) is 0 Å². The van der Waals surface area contributed by atoms with Crippen molar-refractivity contribution in [2.45, 2.75) is 19.3 Å². The lowest BCUT2D eigenvalue weighted by Gasteiger charge is -2.37. The minimum atomic E-state index is 0.202. The number of hydrogen-bond acceptors (Lipinski definition) is 6. The van der Waals surface area contributed by atoms with Crippen molar-refractivity contribution in [1.29, 1.82) is 5.26 Å².